The molecule has 0 unspecified atom stereocenters. The summed E-state index contributed by atoms with van der Waals surface area (Å²) in [6, 6.07) is 4.15. The van der Waals surface area contributed by atoms with Gasteiger partial charge in [0.15, 0.2) is 11.6 Å². The van der Waals surface area contributed by atoms with Crippen molar-refractivity contribution in [3.8, 4) is 10.4 Å². The lowest BCUT2D eigenvalue weighted by atomic mass is 9.87. The second-order valence-corrected chi connectivity index (χ2v) is 6.27. The summed E-state index contributed by atoms with van der Waals surface area (Å²) in [4.78, 5) is 1.18. The molecular weight excluding hydrogens is 256 g/mol. The molecule has 0 saturated heterocycles. The zero-order chi connectivity index (χ0) is 13.1. The van der Waals surface area contributed by atoms with Crippen LogP contribution in [-0.4, -0.2) is 5.16 Å². The maximum atomic E-state index is 6.01. The van der Waals surface area contributed by atoms with Gasteiger partial charge in [-0.05, 0) is 24.3 Å². The van der Waals surface area contributed by atoms with E-state index in [0.29, 0.717) is 11.7 Å². The second-order valence-electron chi connectivity index (χ2n) is 5.33. The van der Waals surface area contributed by atoms with E-state index in [9.17, 15) is 0 Å². The van der Waals surface area contributed by atoms with E-state index in [-0.39, 0.29) is 0 Å². The summed E-state index contributed by atoms with van der Waals surface area (Å²) in [7, 11) is 0. The molecule has 0 spiro atoms. The van der Waals surface area contributed by atoms with E-state index >= 15 is 0 Å². The van der Waals surface area contributed by atoms with Crippen LogP contribution in [0, 0.1) is 0 Å². The Labute approximate surface area is 117 Å². The molecule has 102 valence electrons. The standard InChI is InChI=1S/C15H20N2OS/c16-15-13(12-9-6-10-19-12)14(18-17-15)11-7-4-2-1-3-5-8-11/h6,9-11H,1-5,7-8H2,(H2,16,17). The van der Waals surface area contributed by atoms with Gasteiger partial charge in [0.25, 0.3) is 0 Å². The van der Waals surface area contributed by atoms with Crippen LogP contribution in [0.5, 0.6) is 0 Å². The highest BCUT2D eigenvalue weighted by Crippen LogP contribution is 2.41. The molecule has 1 fully saturated rings. The van der Waals surface area contributed by atoms with Crippen LogP contribution in [0.15, 0.2) is 22.0 Å². The molecule has 19 heavy (non-hydrogen) atoms. The minimum atomic E-state index is 0.488. The highest BCUT2D eigenvalue weighted by Gasteiger charge is 2.25. The maximum absolute atomic E-state index is 6.01. The van der Waals surface area contributed by atoms with E-state index in [1.807, 2.05) is 6.07 Å². The summed E-state index contributed by atoms with van der Waals surface area (Å²) in [6.45, 7) is 0. The van der Waals surface area contributed by atoms with E-state index in [4.69, 9.17) is 10.3 Å². The van der Waals surface area contributed by atoms with Crippen molar-refractivity contribution in [2.45, 2.75) is 50.9 Å². The molecule has 1 aliphatic carbocycles. The molecule has 0 amide bonds. The van der Waals surface area contributed by atoms with E-state index in [1.165, 1.54) is 49.8 Å². The Morgan fingerprint density at radius 1 is 1.16 bits per heavy atom. The predicted molar refractivity (Wildman–Crippen MR) is 79.3 cm³/mol. The molecule has 0 atom stereocenters. The smallest absolute Gasteiger partial charge is 0.175 e. The molecule has 2 aromatic heterocycles. The Kier molecular flexibility index (Phi) is 3.87. The highest BCUT2D eigenvalue weighted by atomic mass is 32.1. The molecule has 1 aliphatic rings. The Hall–Kier alpha value is -1.29. The zero-order valence-electron chi connectivity index (χ0n) is 11.1. The van der Waals surface area contributed by atoms with E-state index in [0.717, 1.165) is 11.3 Å². The van der Waals surface area contributed by atoms with Gasteiger partial charge in [0, 0.05) is 10.8 Å². The van der Waals surface area contributed by atoms with Crippen LogP contribution in [0.4, 0.5) is 5.82 Å². The first-order chi connectivity index (χ1) is 9.36. The van der Waals surface area contributed by atoms with Gasteiger partial charge in [-0.3, -0.25) is 0 Å². The SMILES string of the molecule is Nc1noc(C2CCCCCCC2)c1-c1cccs1. The largest absolute Gasteiger partial charge is 0.380 e. The number of aromatic nitrogens is 1. The Bertz CT molecular complexity index is 510. The Morgan fingerprint density at radius 2 is 1.89 bits per heavy atom. The number of thiophene rings is 1. The highest BCUT2D eigenvalue weighted by molar-refractivity contribution is 7.13. The third-order valence-corrected chi connectivity index (χ3v) is 4.88. The normalized spacial score (nSPS) is 18.1. The molecule has 4 heteroatoms. The number of hydrogen-bond acceptors (Lipinski definition) is 4. The summed E-state index contributed by atoms with van der Waals surface area (Å²) < 4.78 is 5.59. The summed E-state index contributed by atoms with van der Waals surface area (Å²) >= 11 is 1.70. The molecular formula is C15H20N2OS. The van der Waals surface area contributed by atoms with Crippen LogP contribution in [0.2, 0.25) is 0 Å². The minimum absolute atomic E-state index is 0.488. The van der Waals surface area contributed by atoms with E-state index < -0.39 is 0 Å². The third kappa shape index (κ3) is 2.68. The van der Waals surface area contributed by atoms with Crippen LogP contribution in [0.25, 0.3) is 10.4 Å². The number of nitrogens with two attached hydrogens (primary N) is 1. The fraction of sp³-hybridized carbons (Fsp3) is 0.533. The van der Waals surface area contributed by atoms with E-state index in [1.54, 1.807) is 11.3 Å². The average molecular weight is 276 g/mol. The topological polar surface area (TPSA) is 52.0 Å². The third-order valence-electron chi connectivity index (χ3n) is 3.99. The van der Waals surface area contributed by atoms with Gasteiger partial charge in [0.05, 0.1) is 5.56 Å². The van der Waals surface area contributed by atoms with Crippen molar-refractivity contribution in [1.29, 1.82) is 0 Å². The number of anilines is 1. The molecule has 2 heterocycles. The lowest BCUT2D eigenvalue weighted by molar-refractivity contribution is 0.332. The average Bonchev–Trinajstić information content (AvgIpc) is 2.98. The molecule has 0 aromatic carbocycles. The summed E-state index contributed by atoms with van der Waals surface area (Å²) in [5.41, 5.74) is 7.05. The number of hydrogen-bond donors (Lipinski definition) is 1. The minimum Gasteiger partial charge on any atom is -0.380 e. The second kappa shape index (κ2) is 5.78. The van der Waals surface area contributed by atoms with Gasteiger partial charge in [0.2, 0.25) is 0 Å². The molecule has 2 aromatic rings. The number of rotatable bonds is 2. The first kappa shape index (κ1) is 12.7. The monoisotopic (exact) mass is 276 g/mol. The quantitative estimate of drug-likeness (QED) is 0.856. The van der Waals surface area contributed by atoms with Crippen molar-refractivity contribution < 1.29 is 4.52 Å². The van der Waals surface area contributed by atoms with Gasteiger partial charge in [0.1, 0.15) is 0 Å². The molecule has 0 aliphatic heterocycles. The summed E-state index contributed by atoms with van der Waals surface area (Å²) in [5.74, 6) is 2.04. The first-order valence-electron chi connectivity index (χ1n) is 7.15. The molecule has 3 nitrogen and oxygen atoms in total. The van der Waals surface area contributed by atoms with Gasteiger partial charge < -0.3 is 10.3 Å². The molecule has 0 radical (unpaired) electrons. The number of nitrogens with zero attached hydrogens (tertiary/aromatic N) is 1. The van der Waals surface area contributed by atoms with Crippen LogP contribution < -0.4 is 5.73 Å². The van der Waals surface area contributed by atoms with Crippen molar-refractivity contribution in [3.05, 3.63) is 23.3 Å². The fourth-order valence-electron chi connectivity index (χ4n) is 2.98. The molecule has 1 saturated carbocycles. The van der Waals surface area contributed by atoms with Gasteiger partial charge in [-0.25, -0.2) is 0 Å². The molecule has 3 rings (SSSR count). The van der Waals surface area contributed by atoms with Crippen LogP contribution in [0.1, 0.15) is 56.6 Å². The van der Waals surface area contributed by atoms with Crippen molar-refractivity contribution in [2.24, 2.45) is 0 Å². The van der Waals surface area contributed by atoms with Gasteiger partial charge in [-0.2, -0.15) is 0 Å². The number of nitrogen functional groups attached to an aromatic ring is 1. The van der Waals surface area contributed by atoms with Crippen LogP contribution in [-0.2, 0) is 0 Å². The Balaban J connectivity index is 1.91. The fourth-order valence-corrected chi connectivity index (χ4v) is 3.77. The van der Waals surface area contributed by atoms with Crippen molar-refractivity contribution >= 4 is 17.2 Å². The predicted octanol–water partition coefficient (Wildman–Crippen LogP) is 4.81. The van der Waals surface area contributed by atoms with Gasteiger partial charge in [-0.15, -0.1) is 11.3 Å². The first-order valence-corrected chi connectivity index (χ1v) is 8.03. The van der Waals surface area contributed by atoms with Crippen molar-refractivity contribution in [2.75, 3.05) is 5.73 Å². The summed E-state index contributed by atoms with van der Waals surface area (Å²) in [6.07, 6.45) is 9.04. The van der Waals surface area contributed by atoms with E-state index in [2.05, 4.69) is 16.6 Å². The van der Waals surface area contributed by atoms with Crippen LogP contribution >= 0.6 is 11.3 Å². The van der Waals surface area contributed by atoms with Crippen molar-refractivity contribution in [1.82, 2.24) is 5.16 Å². The Morgan fingerprint density at radius 3 is 2.58 bits per heavy atom. The summed E-state index contributed by atoms with van der Waals surface area (Å²) in [5, 5.41) is 6.08. The molecule has 2 N–H and O–H groups in total. The lowest BCUT2D eigenvalue weighted by Gasteiger charge is -2.17. The lowest BCUT2D eigenvalue weighted by Crippen LogP contribution is -2.02. The van der Waals surface area contributed by atoms with Gasteiger partial charge in [-0.1, -0.05) is 43.3 Å². The van der Waals surface area contributed by atoms with Gasteiger partial charge >= 0.3 is 0 Å². The maximum Gasteiger partial charge on any atom is 0.175 e. The van der Waals surface area contributed by atoms with Crippen molar-refractivity contribution in [3.63, 3.8) is 0 Å². The molecule has 0 bridgehead atoms. The zero-order valence-corrected chi connectivity index (χ0v) is 11.9. The van der Waals surface area contributed by atoms with Crippen LogP contribution in [0.3, 0.4) is 0 Å².